The van der Waals surface area contributed by atoms with Gasteiger partial charge in [-0.15, -0.1) is 15.3 Å². The number of carbonyl (C=O) groups is 10. The summed E-state index contributed by atoms with van der Waals surface area (Å²) >= 11 is 0. The lowest BCUT2D eigenvalue weighted by molar-refractivity contribution is -0.198. The number of amides is 10. The summed E-state index contributed by atoms with van der Waals surface area (Å²) in [6.45, 7) is 7.02. The molecule has 0 saturated carbocycles. The van der Waals surface area contributed by atoms with Crippen molar-refractivity contribution in [3.05, 3.63) is 47.8 Å². The van der Waals surface area contributed by atoms with E-state index in [2.05, 4.69) is 73.5 Å². The van der Waals surface area contributed by atoms with Crippen molar-refractivity contribution in [2.24, 2.45) is 0 Å². The van der Waals surface area contributed by atoms with Gasteiger partial charge in [-0.2, -0.15) is 0 Å². The van der Waals surface area contributed by atoms with Gasteiger partial charge < -0.3 is 145 Å². The molecule has 7 rings (SSSR count). The summed E-state index contributed by atoms with van der Waals surface area (Å²) in [5.74, 6) is -3.85. The topological polar surface area (TPSA) is 655 Å². The highest BCUT2D eigenvalue weighted by Gasteiger charge is 2.49. The molecule has 49 heteroatoms. The van der Waals surface area contributed by atoms with Crippen molar-refractivity contribution in [2.45, 2.75) is 240 Å². The van der Waals surface area contributed by atoms with Gasteiger partial charge in [0.1, 0.15) is 90.3 Å². The number of aliphatic hydroxyl groups is 9. The zero-order valence-corrected chi connectivity index (χ0v) is 74.8. The van der Waals surface area contributed by atoms with E-state index in [4.69, 9.17) is 56.8 Å². The van der Waals surface area contributed by atoms with E-state index in [9.17, 15) is 93.9 Å². The molecule has 4 aliphatic rings. The average Bonchev–Trinajstić information content (AvgIpc) is 1.77. The molecule has 3 saturated heterocycles. The van der Waals surface area contributed by atoms with Crippen molar-refractivity contribution in [1.29, 1.82) is 0 Å². The fourth-order valence-electron chi connectivity index (χ4n) is 14.8. The number of carbonyl (C=O) groups excluding carboxylic acids is 10. The molecular weight excluding hydrogens is 1730 g/mol. The first kappa shape index (κ1) is 109. The molecule has 0 spiro atoms. The third kappa shape index (κ3) is 39.7. The second-order valence-electron chi connectivity index (χ2n) is 31.9. The van der Waals surface area contributed by atoms with Gasteiger partial charge in [-0.05, 0) is 32.1 Å². The maximum Gasteiger partial charge on any atom is 0.253 e. The Labute approximate surface area is 758 Å². The summed E-state index contributed by atoms with van der Waals surface area (Å²) in [6, 6.07) is -3.17. The van der Waals surface area contributed by atoms with Gasteiger partial charge in [0.05, 0.1) is 195 Å². The Morgan fingerprint density at radius 2 is 0.618 bits per heavy atom. The summed E-state index contributed by atoms with van der Waals surface area (Å²) in [5.41, 5.74) is -0.462. The highest BCUT2D eigenvalue weighted by molar-refractivity contribution is 6.12. The SMILES string of the molecule is CC(=O)N[C@@H]1[C@@H](O)[C@@H](O)[C@@H](CO)O[C@H]1c1cn(CCOCCOCCOCCNC(=O)CCC(CCC(=O)NCCOCCOCCOCCn2cc([C@@H]3O[C@H](CO)[C@H](O)[C@H](O)[C@H]3NC(C)=O)nn2)(CCC(=O)NCCOCCOCCOCCn2cc([C@@H]3O[C@H](CO)[C@H](O)[C@H](O)[C@H]3NC(C)=O)nn2)NC(=O)CCCCCCCCCCC(=O)NCCN2C(=O)C=CC2=O)nn1. The van der Waals surface area contributed by atoms with Gasteiger partial charge in [-0.1, -0.05) is 54.2 Å². The van der Waals surface area contributed by atoms with Crippen LogP contribution in [0.2, 0.25) is 0 Å². The highest BCUT2D eigenvalue weighted by atomic mass is 16.6. The lowest BCUT2D eigenvalue weighted by atomic mass is 9.82. The first-order chi connectivity index (χ1) is 63.2. The average molecular weight is 1870 g/mol. The van der Waals surface area contributed by atoms with E-state index in [0.29, 0.717) is 19.3 Å². The van der Waals surface area contributed by atoms with E-state index in [1.807, 2.05) is 0 Å². The molecule has 0 radical (unpaired) electrons. The Bertz CT molecular complexity index is 3580. The first-order valence-electron chi connectivity index (χ1n) is 44.7. The molecule has 0 aliphatic carbocycles. The Kier molecular flexibility index (Phi) is 51.0. The number of imide groups is 1. The van der Waals surface area contributed by atoms with Gasteiger partial charge in [-0.25, -0.2) is 14.0 Å². The van der Waals surface area contributed by atoms with Crippen LogP contribution in [0.3, 0.4) is 0 Å². The van der Waals surface area contributed by atoms with Crippen molar-refractivity contribution >= 4 is 59.1 Å². The lowest BCUT2D eigenvalue weighted by Crippen LogP contribution is -2.60. The van der Waals surface area contributed by atoms with Crippen molar-refractivity contribution in [3.8, 4) is 0 Å². The van der Waals surface area contributed by atoms with Crippen LogP contribution in [0, 0.1) is 0 Å². The third-order valence-electron chi connectivity index (χ3n) is 21.8. The number of aromatic nitrogens is 9. The molecule has 740 valence electrons. The number of rotatable bonds is 69. The standard InChI is InChI=1S/C82H136N18O31/c1-54(104)87-70-76(117)73(114)60(51-101)129-79(70)57-48-97(94-91-57)27-33-123-39-45-126-42-36-120-30-23-84-64(108)16-19-82(90-67(111)13-11-9-7-5-4-6-8-10-12-63(107)83-22-26-100-68(112)14-15-69(100)113,20-17-65(109)85-24-31-121-37-43-127-46-40-124-34-28-98-49-58(92-95-98)80-71(88-55(2)105)77(118)74(115)61(52-102)130-80)21-18-66(110)86-25-32-122-38-44-128-47-41-125-35-29-99-50-59(93-96-99)81-72(89-56(3)106)78(119)75(116)62(53-103)131-81/h14-15,48-50,60-62,70-81,101-103,114-119H,4-13,16-47,51-53H2,1-3H3,(H,83,107)(H,84,108)(H,85,109)(H,86,110)(H,87,104)(H,88,105)(H,89,106)(H,90,111)/t60-,61-,62-,70-,71-,72-,73+,74+,75+,76-,77-,78-,79+,80+,81+/m1/s1. The summed E-state index contributed by atoms with van der Waals surface area (Å²) < 4.78 is 73.1. The van der Waals surface area contributed by atoms with E-state index in [-0.39, 0.29) is 263 Å². The van der Waals surface area contributed by atoms with E-state index in [1.54, 1.807) is 18.6 Å². The van der Waals surface area contributed by atoms with Gasteiger partial charge in [-0.3, -0.25) is 52.8 Å². The van der Waals surface area contributed by atoms with Crippen LogP contribution in [0.5, 0.6) is 0 Å². The zero-order chi connectivity index (χ0) is 94.7. The predicted octanol–water partition coefficient (Wildman–Crippen LogP) is -6.53. The molecule has 3 fully saturated rings. The monoisotopic (exact) mass is 1870 g/mol. The molecule has 7 heterocycles. The van der Waals surface area contributed by atoms with Crippen LogP contribution in [0.1, 0.15) is 159 Å². The van der Waals surface area contributed by atoms with Gasteiger partial charge in [0, 0.05) is 103 Å². The molecule has 3 aromatic rings. The number of hydrogen-bond donors (Lipinski definition) is 17. The molecule has 3 aromatic heterocycles. The number of ether oxygens (including phenoxy) is 12. The van der Waals surface area contributed by atoms with Gasteiger partial charge in [0.2, 0.25) is 47.3 Å². The summed E-state index contributed by atoms with van der Waals surface area (Å²) in [4.78, 5) is 128. The van der Waals surface area contributed by atoms with Crippen molar-refractivity contribution in [2.75, 3.05) is 171 Å². The highest BCUT2D eigenvalue weighted by Crippen LogP contribution is 2.35. The van der Waals surface area contributed by atoms with E-state index >= 15 is 0 Å². The van der Waals surface area contributed by atoms with Crippen LogP contribution in [0.25, 0.3) is 0 Å². The molecule has 4 aliphatic heterocycles. The van der Waals surface area contributed by atoms with Gasteiger partial charge in [0.25, 0.3) is 11.8 Å². The van der Waals surface area contributed by atoms with Crippen molar-refractivity contribution in [1.82, 2.24) is 92.4 Å². The van der Waals surface area contributed by atoms with Gasteiger partial charge >= 0.3 is 0 Å². The maximum atomic E-state index is 14.2. The van der Waals surface area contributed by atoms with E-state index in [1.165, 1.54) is 47.0 Å². The minimum atomic E-state index is -1.45. The minimum absolute atomic E-state index is 0.0458. The van der Waals surface area contributed by atoms with Crippen LogP contribution < -0.4 is 42.5 Å². The van der Waals surface area contributed by atoms with Crippen LogP contribution >= 0.6 is 0 Å². The van der Waals surface area contributed by atoms with E-state index in [0.717, 1.165) is 43.4 Å². The second-order valence-corrected chi connectivity index (χ2v) is 31.9. The van der Waals surface area contributed by atoms with Crippen LogP contribution in [-0.2, 0) is 124 Å². The minimum Gasteiger partial charge on any atom is -0.394 e. The molecule has 10 amide bonds. The Balaban J connectivity index is 0.851. The maximum absolute atomic E-state index is 14.2. The van der Waals surface area contributed by atoms with E-state index < -0.39 is 146 Å². The number of aliphatic hydroxyl groups excluding tert-OH is 9. The van der Waals surface area contributed by atoms with Crippen molar-refractivity contribution in [3.63, 3.8) is 0 Å². The second kappa shape index (κ2) is 61.2. The molecular formula is C82H136N18O31. The number of nitrogens with zero attached hydrogens (tertiary/aromatic N) is 10. The molecule has 15 atom stereocenters. The Morgan fingerprint density at radius 3 is 0.916 bits per heavy atom. The molecule has 0 aromatic carbocycles. The Morgan fingerprint density at radius 1 is 0.351 bits per heavy atom. The number of nitrogens with one attached hydrogen (secondary N) is 8. The zero-order valence-electron chi connectivity index (χ0n) is 74.8. The fraction of sp³-hybridized carbons (Fsp3) is 0.780. The molecule has 131 heavy (non-hydrogen) atoms. The number of hydrogen-bond acceptors (Lipinski definition) is 37. The largest absolute Gasteiger partial charge is 0.394 e. The summed E-state index contributed by atoms with van der Waals surface area (Å²) in [7, 11) is 0. The van der Waals surface area contributed by atoms with Crippen molar-refractivity contribution < 1.29 is 151 Å². The normalized spacial score (nSPS) is 22.7. The fourth-order valence-corrected chi connectivity index (χ4v) is 14.8. The smallest absolute Gasteiger partial charge is 0.253 e. The Hall–Kier alpha value is -8.78. The van der Waals surface area contributed by atoms with Crippen LogP contribution in [-0.4, -0.2) is 405 Å². The summed E-state index contributed by atoms with van der Waals surface area (Å²) in [5, 5.41) is 139. The quantitative estimate of drug-likeness (QED) is 0.0185. The summed E-state index contributed by atoms with van der Waals surface area (Å²) in [6.07, 6.45) is -1.51. The molecule has 17 N–H and O–H groups in total. The molecule has 0 bridgehead atoms. The number of unbranched alkanes of at least 4 members (excludes halogenated alkanes) is 7. The molecule has 0 unspecified atom stereocenters. The predicted molar refractivity (Wildman–Crippen MR) is 453 cm³/mol. The third-order valence-corrected chi connectivity index (χ3v) is 21.8. The lowest BCUT2D eigenvalue weighted by Gasteiger charge is -2.41. The van der Waals surface area contributed by atoms with Crippen LogP contribution in [0.15, 0.2) is 30.7 Å². The first-order valence-corrected chi connectivity index (χ1v) is 44.7. The van der Waals surface area contributed by atoms with Gasteiger partial charge in [0.15, 0.2) is 0 Å². The molecule has 49 nitrogen and oxygen atoms in total. The van der Waals surface area contributed by atoms with Crippen LogP contribution in [0.4, 0.5) is 0 Å².